The zero-order valence-corrected chi connectivity index (χ0v) is 11.8. The fourth-order valence-electron chi connectivity index (χ4n) is 2.41. The molecule has 98 valence electrons. The van der Waals surface area contributed by atoms with E-state index in [1.165, 1.54) is 4.88 Å². The molecule has 17 heavy (non-hydrogen) atoms. The maximum atomic E-state index is 5.72. The third-order valence-corrected chi connectivity index (χ3v) is 4.64. The molecule has 3 nitrogen and oxygen atoms in total. The van der Waals surface area contributed by atoms with E-state index < -0.39 is 0 Å². The summed E-state index contributed by atoms with van der Waals surface area (Å²) in [6, 6.07) is 4.46. The first kappa shape index (κ1) is 14.6. The summed E-state index contributed by atoms with van der Waals surface area (Å²) >= 11 is 1.80. The number of nitrogens with one attached hydrogen (secondary N) is 1. The molecular formula is C13H24N2OS. The number of hydrazine groups is 1. The molecule has 0 aliphatic heterocycles. The Balaban J connectivity index is 2.63. The molecule has 0 spiro atoms. The van der Waals surface area contributed by atoms with Crippen LogP contribution in [0, 0.1) is 0 Å². The first-order valence-corrected chi connectivity index (χ1v) is 7.14. The van der Waals surface area contributed by atoms with Crippen LogP contribution < -0.4 is 11.3 Å². The third-order valence-electron chi connectivity index (χ3n) is 3.70. The van der Waals surface area contributed by atoms with E-state index in [0.717, 1.165) is 25.7 Å². The van der Waals surface area contributed by atoms with Crippen LogP contribution in [-0.4, -0.2) is 18.8 Å². The second-order valence-electron chi connectivity index (χ2n) is 4.31. The van der Waals surface area contributed by atoms with Gasteiger partial charge >= 0.3 is 0 Å². The SMILES string of the molecule is CCC(CC)(OC)C(CCc1cccs1)NN. The number of ether oxygens (including phenoxy) is 1. The molecule has 0 aromatic carbocycles. The minimum absolute atomic E-state index is 0.147. The number of rotatable bonds is 8. The highest BCUT2D eigenvalue weighted by molar-refractivity contribution is 7.09. The van der Waals surface area contributed by atoms with Gasteiger partial charge in [-0.3, -0.25) is 11.3 Å². The first-order chi connectivity index (χ1) is 8.22. The summed E-state index contributed by atoms with van der Waals surface area (Å²) in [4.78, 5) is 1.41. The molecule has 3 N–H and O–H groups in total. The average Bonchev–Trinajstić information content (AvgIpc) is 2.88. The summed E-state index contributed by atoms with van der Waals surface area (Å²) in [7, 11) is 1.78. The predicted molar refractivity (Wildman–Crippen MR) is 74.1 cm³/mol. The molecule has 4 heteroatoms. The van der Waals surface area contributed by atoms with Crippen molar-refractivity contribution in [3.8, 4) is 0 Å². The normalized spacial score (nSPS) is 13.9. The Hall–Kier alpha value is -0.420. The van der Waals surface area contributed by atoms with Crippen LogP contribution in [0.3, 0.4) is 0 Å². The lowest BCUT2D eigenvalue weighted by atomic mass is 9.85. The van der Waals surface area contributed by atoms with Crippen LogP contribution in [0.1, 0.15) is 38.0 Å². The van der Waals surface area contributed by atoms with Gasteiger partial charge in [0.15, 0.2) is 0 Å². The zero-order chi connectivity index (χ0) is 12.7. The Bertz CT molecular complexity index is 288. The topological polar surface area (TPSA) is 47.3 Å². The van der Waals surface area contributed by atoms with Crippen molar-refractivity contribution in [2.45, 2.75) is 51.2 Å². The highest BCUT2D eigenvalue weighted by Gasteiger charge is 2.34. The summed E-state index contributed by atoms with van der Waals surface area (Å²) in [5.74, 6) is 5.70. The summed E-state index contributed by atoms with van der Waals surface area (Å²) < 4.78 is 5.72. The molecule has 1 unspecified atom stereocenters. The molecule has 1 aromatic rings. The number of hydrogen-bond donors (Lipinski definition) is 2. The maximum Gasteiger partial charge on any atom is 0.0839 e. The minimum Gasteiger partial charge on any atom is -0.377 e. The lowest BCUT2D eigenvalue weighted by Crippen LogP contribution is -2.54. The number of aryl methyl sites for hydroxylation is 1. The molecule has 0 radical (unpaired) electrons. The predicted octanol–water partition coefficient (Wildman–Crippen LogP) is 2.72. The van der Waals surface area contributed by atoms with Crippen LogP contribution in [0.2, 0.25) is 0 Å². The smallest absolute Gasteiger partial charge is 0.0839 e. The van der Waals surface area contributed by atoms with Crippen molar-refractivity contribution in [1.29, 1.82) is 0 Å². The van der Waals surface area contributed by atoms with Crippen molar-refractivity contribution in [1.82, 2.24) is 5.43 Å². The van der Waals surface area contributed by atoms with E-state index >= 15 is 0 Å². The van der Waals surface area contributed by atoms with Gasteiger partial charge in [-0.15, -0.1) is 11.3 Å². The lowest BCUT2D eigenvalue weighted by molar-refractivity contribution is -0.0493. The van der Waals surface area contributed by atoms with Crippen molar-refractivity contribution in [3.05, 3.63) is 22.4 Å². The standard InChI is InChI=1S/C13H24N2OS/c1-4-13(5-2,16-3)12(15-14)9-8-11-7-6-10-17-11/h6-7,10,12,15H,4-5,8-9,14H2,1-3H3. The Morgan fingerprint density at radius 2 is 2.18 bits per heavy atom. The fourth-order valence-corrected chi connectivity index (χ4v) is 3.14. The van der Waals surface area contributed by atoms with E-state index in [4.69, 9.17) is 10.6 Å². The third kappa shape index (κ3) is 3.52. The molecular weight excluding hydrogens is 232 g/mol. The van der Waals surface area contributed by atoms with E-state index in [1.807, 2.05) is 0 Å². The van der Waals surface area contributed by atoms with Crippen LogP contribution >= 0.6 is 11.3 Å². The van der Waals surface area contributed by atoms with Crippen LogP contribution in [0.4, 0.5) is 0 Å². The Labute approximate surface area is 108 Å². The second kappa shape index (κ2) is 7.11. The van der Waals surface area contributed by atoms with Crippen molar-refractivity contribution >= 4 is 11.3 Å². The largest absolute Gasteiger partial charge is 0.377 e. The van der Waals surface area contributed by atoms with Crippen LogP contribution in [0.15, 0.2) is 17.5 Å². The van der Waals surface area contributed by atoms with Crippen molar-refractivity contribution < 1.29 is 4.74 Å². The fraction of sp³-hybridized carbons (Fsp3) is 0.692. The van der Waals surface area contributed by atoms with Gasteiger partial charge in [0.25, 0.3) is 0 Å². The van der Waals surface area contributed by atoms with Gasteiger partial charge in [0.05, 0.1) is 11.6 Å². The number of methoxy groups -OCH3 is 1. The summed E-state index contributed by atoms with van der Waals surface area (Å²) in [5.41, 5.74) is 2.79. The van der Waals surface area contributed by atoms with Crippen molar-refractivity contribution in [2.24, 2.45) is 5.84 Å². The molecule has 0 saturated heterocycles. The number of nitrogens with two attached hydrogens (primary N) is 1. The Morgan fingerprint density at radius 3 is 2.59 bits per heavy atom. The number of hydrogen-bond acceptors (Lipinski definition) is 4. The molecule has 1 atom stereocenters. The summed E-state index contributed by atoms with van der Waals surface area (Å²) in [6.07, 6.45) is 4.00. The van der Waals surface area contributed by atoms with Crippen molar-refractivity contribution in [3.63, 3.8) is 0 Å². The van der Waals surface area contributed by atoms with Gasteiger partial charge in [-0.05, 0) is 37.1 Å². The van der Waals surface area contributed by atoms with Gasteiger partial charge in [-0.2, -0.15) is 0 Å². The van der Waals surface area contributed by atoms with E-state index in [0.29, 0.717) is 0 Å². The van der Waals surface area contributed by atoms with Gasteiger partial charge in [0.2, 0.25) is 0 Å². The van der Waals surface area contributed by atoms with Crippen molar-refractivity contribution in [2.75, 3.05) is 7.11 Å². The zero-order valence-electron chi connectivity index (χ0n) is 11.0. The summed E-state index contributed by atoms with van der Waals surface area (Å²) in [6.45, 7) is 4.31. The first-order valence-electron chi connectivity index (χ1n) is 6.26. The highest BCUT2D eigenvalue weighted by Crippen LogP contribution is 2.27. The van der Waals surface area contributed by atoms with E-state index in [9.17, 15) is 0 Å². The van der Waals surface area contributed by atoms with E-state index in [1.54, 1.807) is 18.4 Å². The monoisotopic (exact) mass is 256 g/mol. The van der Waals surface area contributed by atoms with Gasteiger partial charge in [0.1, 0.15) is 0 Å². The van der Waals surface area contributed by atoms with Crippen LogP contribution in [0.5, 0.6) is 0 Å². The van der Waals surface area contributed by atoms with Gasteiger partial charge < -0.3 is 4.74 Å². The molecule has 0 bridgehead atoms. The van der Waals surface area contributed by atoms with E-state index in [2.05, 4.69) is 36.8 Å². The highest BCUT2D eigenvalue weighted by atomic mass is 32.1. The molecule has 0 amide bonds. The lowest BCUT2D eigenvalue weighted by Gasteiger charge is -2.38. The Kier molecular flexibility index (Phi) is 6.12. The minimum atomic E-state index is -0.147. The quantitative estimate of drug-likeness (QED) is 0.555. The number of thiophene rings is 1. The van der Waals surface area contributed by atoms with Gasteiger partial charge in [0, 0.05) is 12.0 Å². The van der Waals surface area contributed by atoms with E-state index in [-0.39, 0.29) is 11.6 Å². The Morgan fingerprint density at radius 1 is 1.47 bits per heavy atom. The maximum absolute atomic E-state index is 5.72. The van der Waals surface area contributed by atoms with Gasteiger partial charge in [-0.1, -0.05) is 19.9 Å². The molecule has 0 saturated carbocycles. The molecule has 0 aliphatic carbocycles. The van der Waals surface area contributed by atoms with Gasteiger partial charge in [-0.25, -0.2) is 0 Å². The molecule has 1 aromatic heterocycles. The molecule has 1 rings (SSSR count). The van der Waals surface area contributed by atoms with Crippen LogP contribution in [0.25, 0.3) is 0 Å². The molecule has 1 heterocycles. The van der Waals surface area contributed by atoms with Crippen LogP contribution in [-0.2, 0) is 11.2 Å². The summed E-state index contributed by atoms with van der Waals surface area (Å²) in [5, 5.41) is 2.11. The second-order valence-corrected chi connectivity index (χ2v) is 5.35. The average molecular weight is 256 g/mol. The molecule has 0 fully saturated rings. The molecule has 0 aliphatic rings.